The second-order valence-electron chi connectivity index (χ2n) is 5.41. The van der Waals surface area contributed by atoms with E-state index in [0.29, 0.717) is 17.4 Å². The monoisotopic (exact) mass is 455 g/mol. The van der Waals surface area contributed by atoms with E-state index in [-0.39, 0.29) is 5.82 Å². The minimum Gasteiger partial charge on any atom is -0.486 e. The van der Waals surface area contributed by atoms with E-state index in [9.17, 15) is 4.39 Å². The molecule has 26 heavy (non-hydrogen) atoms. The predicted octanol–water partition coefficient (Wildman–Crippen LogP) is 5.72. The molecule has 0 spiro atoms. The zero-order valence-corrected chi connectivity index (χ0v) is 17.1. The maximum absolute atomic E-state index is 13.1. The van der Waals surface area contributed by atoms with Gasteiger partial charge in [-0.25, -0.2) is 4.39 Å². The highest BCUT2D eigenvalue weighted by atomic mass is 79.9. The molecule has 0 bridgehead atoms. The van der Waals surface area contributed by atoms with Crippen molar-refractivity contribution in [2.75, 3.05) is 0 Å². The molecule has 3 rings (SSSR count). The zero-order valence-electron chi connectivity index (χ0n) is 14.0. The number of thioether (sulfide) groups is 1. The fourth-order valence-electron chi connectivity index (χ4n) is 2.31. The van der Waals surface area contributed by atoms with Crippen LogP contribution < -0.4 is 4.74 Å². The van der Waals surface area contributed by atoms with Crippen molar-refractivity contribution in [2.24, 2.45) is 0 Å². The standard InChI is InChI=1S/C18H16BrClFN3OS/c1-2-24-17(10-25-15-7-4-13(19)5-8-15)22-23-18(24)26-11-12-3-6-14(21)9-16(12)20/h3-9H,2,10-11H2,1H3. The summed E-state index contributed by atoms with van der Waals surface area (Å²) in [5, 5.41) is 9.68. The number of rotatable bonds is 7. The molecule has 136 valence electrons. The zero-order chi connectivity index (χ0) is 18.5. The molecule has 1 aromatic heterocycles. The van der Waals surface area contributed by atoms with E-state index in [0.717, 1.165) is 33.3 Å². The lowest BCUT2D eigenvalue weighted by atomic mass is 10.2. The van der Waals surface area contributed by atoms with Crippen molar-refractivity contribution in [3.8, 4) is 5.75 Å². The van der Waals surface area contributed by atoms with Crippen LogP contribution in [-0.2, 0) is 18.9 Å². The molecular weight excluding hydrogens is 441 g/mol. The average molecular weight is 457 g/mol. The van der Waals surface area contributed by atoms with Gasteiger partial charge in [0.05, 0.1) is 0 Å². The number of benzene rings is 2. The highest BCUT2D eigenvalue weighted by Crippen LogP contribution is 2.27. The number of aromatic nitrogens is 3. The second kappa shape index (κ2) is 8.88. The number of ether oxygens (including phenoxy) is 1. The van der Waals surface area contributed by atoms with Crippen LogP contribution in [0.2, 0.25) is 5.02 Å². The van der Waals surface area contributed by atoms with Gasteiger partial charge in [-0.05, 0) is 48.9 Å². The Morgan fingerprint density at radius 1 is 1.19 bits per heavy atom. The van der Waals surface area contributed by atoms with Gasteiger partial charge < -0.3 is 9.30 Å². The summed E-state index contributed by atoms with van der Waals surface area (Å²) in [5.41, 5.74) is 0.858. The molecule has 0 fully saturated rings. The molecule has 0 saturated carbocycles. The first-order valence-corrected chi connectivity index (χ1v) is 10.1. The SMILES string of the molecule is CCn1c(COc2ccc(Br)cc2)nnc1SCc1ccc(F)cc1Cl. The Labute approximate surface area is 168 Å². The van der Waals surface area contributed by atoms with Gasteiger partial charge in [-0.2, -0.15) is 0 Å². The summed E-state index contributed by atoms with van der Waals surface area (Å²) in [5.74, 6) is 1.77. The highest BCUT2D eigenvalue weighted by molar-refractivity contribution is 9.10. The first kappa shape index (κ1) is 19.2. The van der Waals surface area contributed by atoms with E-state index in [2.05, 4.69) is 26.1 Å². The lowest BCUT2D eigenvalue weighted by Crippen LogP contribution is -2.07. The van der Waals surface area contributed by atoms with E-state index in [4.69, 9.17) is 16.3 Å². The minimum absolute atomic E-state index is 0.334. The maximum atomic E-state index is 13.1. The van der Waals surface area contributed by atoms with Gasteiger partial charge in [0.2, 0.25) is 0 Å². The molecule has 2 aromatic carbocycles. The molecule has 0 radical (unpaired) electrons. The van der Waals surface area contributed by atoms with E-state index in [1.54, 1.807) is 6.07 Å². The van der Waals surface area contributed by atoms with E-state index >= 15 is 0 Å². The number of hydrogen-bond acceptors (Lipinski definition) is 4. The Bertz CT molecular complexity index is 889. The Hall–Kier alpha value is -1.57. The van der Waals surface area contributed by atoms with Gasteiger partial charge in [-0.1, -0.05) is 45.4 Å². The molecule has 0 unspecified atom stereocenters. The second-order valence-corrected chi connectivity index (χ2v) is 7.68. The van der Waals surface area contributed by atoms with Crippen LogP contribution in [0.1, 0.15) is 18.3 Å². The molecular formula is C18H16BrClFN3OS. The summed E-state index contributed by atoms with van der Waals surface area (Å²) in [6.07, 6.45) is 0. The van der Waals surface area contributed by atoms with Crippen molar-refractivity contribution in [1.29, 1.82) is 0 Å². The quantitative estimate of drug-likeness (QED) is 0.426. The summed E-state index contributed by atoms with van der Waals surface area (Å²) >= 11 is 11.0. The first-order valence-electron chi connectivity index (χ1n) is 7.94. The van der Waals surface area contributed by atoms with Crippen LogP contribution in [0.5, 0.6) is 5.75 Å². The van der Waals surface area contributed by atoms with Gasteiger partial charge >= 0.3 is 0 Å². The molecule has 0 saturated heterocycles. The molecule has 3 aromatic rings. The maximum Gasteiger partial charge on any atom is 0.191 e. The van der Waals surface area contributed by atoms with E-state index in [1.807, 2.05) is 35.8 Å². The van der Waals surface area contributed by atoms with Crippen LogP contribution in [0.4, 0.5) is 4.39 Å². The lowest BCUT2D eigenvalue weighted by Gasteiger charge is -2.09. The topological polar surface area (TPSA) is 39.9 Å². The first-order chi connectivity index (χ1) is 12.6. The summed E-state index contributed by atoms with van der Waals surface area (Å²) in [6, 6.07) is 12.0. The summed E-state index contributed by atoms with van der Waals surface area (Å²) in [4.78, 5) is 0. The molecule has 0 amide bonds. The summed E-state index contributed by atoms with van der Waals surface area (Å²) < 4.78 is 21.9. The number of hydrogen-bond donors (Lipinski definition) is 0. The van der Waals surface area contributed by atoms with Crippen molar-refractivity contribution < 1.29 is 9.13 Å². The van der Waals surface area contributed by atoms with E-state index in [1.165, 1.54) is 23.9 Å². The third-order valence-electron chi connectivity index (χ3n) is 3.66. The highest BCUT2D eigenvalue weighted by Gasteiger charge is 2.13. The van der Waals surface area contributed by atoms with Crippen molar-refractivity contribution in [1.82, 2.24) is 14.8 Å². The number of nitrogens with zero attached hydrogens (tertiary/aromatic N) is 3. The number of halogens is 3. The molecule has 0 N–H and O–H groups in total. The smallest absolute Gasteiger partial charge is 0.191 e. The normalized spacial score (nSPS) is 10.9. The Kier molecular flexibility index (Phi) is 6.56. The van der Waals surface area contributed by atoms with Crippen LogP contribution in [0.15, 0.2) is 52.1 Å². The molecule has 0 aliphatic heterocycles. The Morgan fingerprint density at radius 3 is 2.65 bits per heavy atom. The molecule has 8 heteroatoms. The van der Waals surface area contributed by atoms with Gasteiger partial charge in [0.25, 0.3) is 0 Å². The van der Waals surface area contributed by atoms with Gasteiger partial charge in [0.1, 0.15) is 18.2 Å². The molecule has 0 aliphatic rings. The summed E-state index contributed by atoms with van der Waals surface area (Å²) in [6.45, 7) is 3.09. The van der Waals surface area contributed by atoms with Gasteiger partial charge in [0, 0.05) is 21.8 Å². The summed E-state index contributed by atoms with van der Waals surface area (Å²) in [7, 11) is 0. The van der Waals surface area contributed by atoms with Crippen molar-refractivity contribution in [2.45, 2.75) is 31.0 Å². The van der Waals surface area contributed by atoms with Crippen molar-refractivity contribution >= 4 is 39.3 Å². The Balaban J connectivity index is 1.66. The fraction of sp³-hybridized carbons (Fsp3) is 0.222. The van der Waals surface area contributed by atoms with Crippen LogP contribution in [0.25, 0.3) is 0 Å². The molecule has 1 heterocycles. The van der Waals surface area contributed by atoms with Crippen molar-refractivity contribution in [3.05, 3.63) is 69.2 Å². The van der Waals surface area contributed by atoms with Crippen LogP contribution in [0, 0.1) is 5.82 Å². The van der Waals surface area contributed by atoms with Crippen molar-refractivity contribution in [3.63, 3.8) is 0 Å². The lowest BCUT2D eigenvalue weighted by molar-refractivity contribution is 0.288. The minimum atomic E-state index is -0.340. The van der Waals surface area contributed by atoms with Gasteiger partial charge in [0.15, 0.2) is 11.0 Å². The fourth-order valence-corrected chi connectivity index (χ4v) is 3.91. The van der Waals surface area contributed by atoms with Crippen LogP contribution in [-0.4, -0.2) is 14.8 Å². The molecule has 4 nitrogen and oxygen atoms in total. The average Bonchev–Trinajstić information content (AvgIpc) is 3.02. The predicted molar refractivity (Wildman–Crippen MR) is 105 cm³/mol. The third kappa shape index (κ3) is 4.78. The van der Waals surface area contributed by atoms with E-state index < -0.39 is 0 Å². The molecule has 0 atom stereocenters. The third-order valence-corrected chi connectivity index (χ3v) is 5.56. The van der Waals surface area contributed by atoms with Gasteiger partial charge in [-0.15, -0.1) is 10.2 Å². The Morgan fingerprint density at radius 2 is 1.96 bits per heavy atom. The van der Waals surface area contributed by atoms with Crippen LogP contribution in [0.3, 0.4) is 0 Å². The van der Waals surface area contributed by atoms with Gasteiger partial charge in [-0.3, -0.25) is 0 Å². The largest absolute Gasteiger partial charge is 0.486 e. The van der Waals surface area contributed by atoms with Crippen LogP contribution >= 0.6 is 39.3 Å². The molecule has 0 aliphatic carbocycles.